The Labute approximate surface area is 112 Å². The normalized spacial score (nSPS) is 9.95. The Hall–Kier alpha value is -2.36. The minimum Gasteiger partial charge on any atom is -0.445 e. The number of carbonyl (C=O) groups excluding carboxylic acids is 1. The Morgan fingerprint density at radius 2 is 2.00 bits per heavy atom. The first kappa shape index (κ1) is 13.1. The molecule has 0 aliphatic carbocycles. The van der Waals surface area contributed by atoms with Crippen LogP contribution >= 0.6 is 0 Å². The molecule has 1 aromatic carbocycles. The Kier molecular flexibility index (Phi) is 4.50. The summed E-state index contributed by atoms with van der Waals surface area (Å²) in [4.78, 5) is 15.5. The summed E-state index contributed by atoms with van der Waals surface area (Å²) in [5.74, 6) is 0. The third-order valence-corrected chi connectivity index (χ3v) is 2.65. The summed E-state index contributed by atoms with van der Waals surface area (Å²) < 4.78 is 5.08. The number of benzene rings is 1. The molecule has 0 radical (unpaired) electrons. The zero-order valence-electron chi connectivity index (χ0n) is 10.8. The van der Waals surface area contributed by atoms with E-state index in [1.165, 1.54) is 5.56 Å². The molecular formula is C15H16N2O2. The minimum absolute atomic E-state index is 0.230. The van der Waals surface area contributed by atoms with E-state index in [9.17, 15) is 4.79 Å². The first-order valence-electron chi connectivity index (χ1n) is 6.09. The zero-order chi connectivity index (χ0) is 13.5. The van der Waals surface area contributed by atoms with Crippen molar-refractivity contribution in [2.75, 3.05) is 0 Å². The molecule has 19 heavy (non-hydrogen) atoms. The molecule has 0 saturated heterocycles. The highest BCUT2D eigenvalue weighted by Gasteiger charge is 2.02. The van der Waals surface area contributed by atoms with Gasteiger partial charge < -0.3 is 10.1 Å². The first-order valence-corrected chi connectivity index (χ1v) is 6.09. The summed E-state index contributed by atoms with van der Waals surface area (Å²) in [6.45, 7) is 2.72. The fourth-order valence-electron chi connectivity index (χ4n) is 1.56. The highest BCUT2D eigenvalue weighted by molar-refractivity contribution is 5.67. The lowest BCUT2D eigenvalue weighted by atomic mass is 10.1. The standard InChI is InChI=1S/C15H16N2O2/c1-12-4-6-13(7-5-12)10-17-15(18)19-11-14-3-2-8-16-9-14/h2-9H,10-11H2,1H3,(H,17,18). The van der Waals surface area contributed by atoms with Crippen molar-refractivity contribution >= 4 is 6.09 Å². The number of pyridine rings is 1. The molecule has 0 spiro atoms. The van der Waals surface area contributed by atoms with Crippen LogP contribution in [-0.2, 0) is 17.9 Å². The Morgan fingerprint density at radius 1 is 1.21 bits per heavy atom. The van der Waals surface area contributed by atoms with Crippen LogP contribution in [0.15, 0.2) is 48.8 Å². The molecular weight excluding hydrogens is 240 g/mol. The number of rotatable bonds is 4. The van der Waals surface area contributed by atoms with Gasteiger partial charge in [-0.15, -0.1) is 0 Å². The van der Waals surface area contributed by atoms with Crippen LogP contribution in [0.3, 0.4) is 0 Å². The van der Waals surface area contributed by atoms with Crippen LogP contribution in [0.5, 0.6) is 0 Å². The lowest BCUT2D eigenvalue weighted by molar-refractivity contribution is 0.139. The van der Waals surface area contributed by atoms with E-state index in [4.69, 9.17) is 4.74 Å². The average Bonchev–Trinajstić information content (AvgIpc) is 2.45. The number of nitrogens with one attached hydrogen (secondary N) is 1. The maximum Gasteiger partial charge on any atom is 0.407 e. The lowest BCUT2D eigenvalue weighted by Crippen LogP contribution is -2.23. The molecule has 4 heteroatoms. The van der Waals surface area contributed by atoms with Crippen LogP contribution < -0.4 is 5.32 Å². The Morgan fingerprint density at radius 3 is 2.68 bits per heavy atom. The van der Waals surface area contributed by atoms with Crippen LogP contribution in [0.2, 0.25) is 0 Å². The predicted octanol–water partition coefficient (Wildman–Crippen LogP) is 2.82. The van der Waals surface area contributed by atoms with E-state index in [1.54, 1.807) is 12.4 Å². The summed E-state index contributed by atoms with van der Waals surface area (Å²) in [6, 6.07) is 11.7. The molecule has 0 saturated carbocycles. The van der Waals surface area contributed by atoms with E-state index in [0.717, 1.165) is 11.1 Å². The summed E-state index contributed by atoms with van der Waals surface area (Å²) in [5.41, 5.74) is 3.11. The van der Waals surface area contributed by atoms with Crippen molar-refractivity contribution in [2.45, 2.75) is 20.1 Å². The van der Waals surface area contributed by atoms with Crippen LogP contribution in [0.1, 0.15) is 16.7 Å². The maximum absolute atomic E-state index is 11.5. The second-order valence-electron chi connectivity index (χ2n) is 4.28. The number of hydrogen-bond donors (Lipinski definition) is 1. The van der Waals surface area contributed by atoms with Gasteiger partial charge in [0.15, 0.2) is 0 Å². The van der Waals surface area contributed by atoms with Gasteiger partial charge in [-0.25, -0.2) is 4.79 Å². The summed E-state index contributed by atoms with van der Waals surface area (Å²) in [6.07, 6.45) is 2.93. The highest BCUT2D eigenvalue weighted by atomic mass is 16.5. The smallest absolute Gasteiger partial charge is 0.407 e. The third kappa shape index (κ3) is 4.43. The van der Waals surface area contributed by atoms with E-state index in [2.05, 4.69) is 10.3 Å². The number of aromatic nitrogens is 1. The van der Waals surface area contributed by atoms with E-state index in [0.29, 0.717) is 6.54 Å². The molecule has 0 fully saturated rings. The fraction of sp³-hybridized carbons (Fsp3) is 0.200. The number of aryl methyl sites for hydroxylation is 1. The van der Waals surface area contributed by atoms with Gasteiger partial charge in [0.05, 0.1) is 0 Å². The SMILES string of the molecule is Cc1ccc(CNC(=O)OCc2cccnc2)cc1. The summed E-state index contributed by atoms with van der Waals surface area (Å²) in [5, 5.41) is 2.71. The highest BCUT2D eigenvalue weighted by Crippen LogP contribution is 2.03. The number of carbonyl (C=O) groups is 1. The molecule has 0 aliphatic rings. The van der Waals surface area contributed by atoms with Crippen molar-refractivity contribution in [1.29, 1.82) is 0 Å². The minimum atomic E-state index is -0.426. The van der Waals surface area contributed by atoms with Gasteiger partial charge in [-0.2, -0.15) is 0 Å². The van der Waals surface area contributed by atoms with Crippen molar-refractivity contribution < 1.29 is 9.53 Å². The van der Waals surface area contributed by atoms with Crippen molar-refractivity contribution in [3.63, 3.8) is 0 Å². The molecule has 98 valence electrons. The fourth-order valence-corrected chi connectivity index (χ4v) is 1.56. The second-order valence-corrected chi connectivity index (χ2v) is 4.28. The lowest BCUT2D eigenvalue weighted by Gasteiger charge is -2.07. The molecule has 0 atom stereocenters. The quantitative estimate of drug-likeness (QED) is 0.915. The van der Waals surface area contributed by atoms with Crippen LogP contribution in [-0.4, -0.2) is 11.1 Å². The number of hydrogen-bond acceptors (Lipinski definition) is 3. The third-order valence-electron chi connectivity index (χ3n) is 2.65. The monoisotopic (exact) mass is 256 g/mol. The van der Waals surface area contributed by atoms with Gasteiger partial charge in [-0.1, -0.05) is 35.9 Å². The Bertz CT molecular complexity index is 524. The van der Waals surface area contributed by atoms with Crippen molar-refractivity contribution in [3.8, 4) is 0 Å². The molecule has 2 aromatic rings. The van der Waals surface area contributed by atoms with Crippen molar-refractivity contribution in [2.24, 2.45) is 0 Å². The first-order chi connectivity index (χ1) is 9.24. The second kappa shape index (κ2) is 6.54. The van der Waals surface area contributed by atoms with Gasteiger partial charge >= 0.3 is 6.09 Å². The van der Waals surface area contributed by atoms with Crippen LogP contribution in [0, 0.1) is 6.92 Å². The van der Waals surface area contributed by atoms with Crippen LogP contribution in [0.4, 0.5) is 4.79 Å². The molecule has 1 amide bonds. The van der Waals surface area contributed by atoms with Gasteiger partial charge in [0.1, 0.15) is 6.61 Å². The summed E-state index contributed by atoms with van der Waals surface area (Å²) >= 11 is 0. The van der Waals surface area contributed by atoms with E-state index in [-0.39, 0.29) is 6.61 Å². The van der Waals surface area contributed by atoms with Crippen LogP contribution in [0.25, 0.3) is 0 Å². The molecule has 1 aromatic heterocycles. The number of amides is 1. The molecule has 0 unspecified atom stereocenters. The molecule has 1 heterocycles. The predicted molar refractivity (Wildman–Crippen MR) is 72.4 cm³/mol. The van der Waals surface area contributed by atoms with Crippen molar-refractivity contribution in [3.05, 3.63) is 65.5 Å². The number of ether oxygens (including phenoxy) is 1. The van der Waals surface area contributed by atoms with Gasteiger partial charge in [0.25, 0.3) is 0 Å². The molecule has 4 nitrogen and oxygen atoms in total. The molecule has 0 aliphatic heterocycles. The molecule has 2 rings (SSSR count). The van der Waals surface area contributed by atoms with Gasteiger partial charge in [0, 0.05) is 24.5 Å². The summed E-state index contributed by atoms with van der Waals surface area (Å²) in [7, 11) is 0. The van der Waals surface area contributed by atoms with Crippen molar-refractivity contribution in [1.82, 2.24) is 10.3 Å². The van der Waals surface area contributed by atoms with Gasteiger partial charge in [-0.3, -0.25) is 4.98 Å². The van der Waals surface area contributed by atoms with Gasteiger partial charge in [0.2, 0.25) is 0 Å². The maximum atomic E-state index is 11.5. The van der Waals surface area contributed by atoms with E-state index < -0.39 is 6.09 Å². The Balaban J connectivity index is 1.74. The largest absolute Gasteiger partial charge is 0.445 e. The zero-order valence-corrected chi connectivity index (χ0v) is 10.8. The number of nitrogens with zero attached hydrogens (tertiary/aromatic N) is 1. The molecule has 0 bridgehead atoms. The molecule has 1 N–H and O–H groups in total. The van der Waals surface area contributed by atoms with E-state index >= 15 is 0 Å². The number of alkyl carbamates (subject to hydrolysis) is 1. The average molecular weight is 256 g/mol. The topological polar surface area (TPSA) is 51.2 Å². The van der Waals surface area contributed by atoms with E-state index in [1.807, 2.05) is 43.3 Å². The van der Waals surface area contributed by atoms with Gasteiger partial charge in [-0.05, 0) is 18.6 Å².